The van der Waals surface area contributed by atoms with Crippen molar-refractivity contribution in [1.29, 1.82) is 0 Å². The Kier molecular flexibility index (Phi) is 17.9. The maximum absolute atomic E-state index is 11.0. The number of rotatable bonds is 8. The van der Waals surface area contributed by atoms with Gasteiger partial charge in [0.05, 0.1) is 0 Å². The zero-order chi connectivity index (χ0) is 47.3. The van der Waals surface area contributed by atoms with Gasteiger partial charge < -0.3 is 16.0 Å². The normalized spacial score (nSPS) is 13.3. The molecule has 334 valence electrons. The van der Waals surface area contributed by atoms with Gasteiger partial charge in [0.15, 0.2) is 0 Å². The third kappa shape index (κ3) is 11.6. The van der Waals surface area contributed by atoms with E-state index in [1.54, 1.807) is 14.0 Å². The van der Waals surface area contributed by atoms with Gasteiger partial charge in [0, 0.05) is 78.6 Å². The van der Waals surface area contributed by atoms with E-state index < -0.39 is 10.0 Å². The summed E-state index contributed by atoms with van der Waals surface area (Å²) in [5, 5.41) is 6.82. The predicted molar refractivity (Wildman–Crippen MR) is 277 cm³/mol. The van der Waals surface area contributed by atoms with Crippen molar-refractivity contribution in [2.24, 2.45) is 5.73 Å². The number of likely N-dealkylation sites (N-methyl/N-ethyl adjacent to an activating group) is 1. The molecule has 64 heavy (non-hydrogen) atoms. The Morgan fingerprint density at radius 3 is 1.97 bits per heavy atom. The van der Waals surface area contributed by atoms with E-state index in [4.69, 9.17) is 5.73 Å². The van der Waals surface area contributed by atoms with E-state index in [9.17, 15) is 9.59 Å². The van der Waals surface area contributed by atoms with Crippen molar-refractivity contribution in [2.75, 3.05) is 52.6 Å². The van der Waals surface area contributed by atoms with Crippen LogP contribution in [0.3, 0.4) is 0 Å². The molecule has 8 nitrogen and oxygen atoms in total. The summed E-state index contributed by atoms with van der Waals surface area (Å²) in [5.41, 5.74) is 25.2. The smallest absolute Gasteiger partial charge is 0.246 e. The van der Waals surface area contributed by atoms with Crippen LogP contribution in [-0.4, -0.2) is 70.4 Å². The molecule has 1 aliphatic heterocycles. The summed E-state index contributed by atoms with van der Waals surface area (Å²) in [4.78, 5) is 26.3. The molecule has 0 aromatic heterocycles. The van der Waals surface area contributed by atoms with Gasteiger partial charge in [-0.2, -0.15) is 10.0 Å². The second-order valence-electron chi connectivity index (χ2n) is 16.3. The van der Waals surface area contributed by atoms with Crippen molar-refractivity contribution >= 4 is 60.9 Å². The number of carbonyl (C=O) groups is 2. The number of nitrogens with two attached hydrogens (primary N) is 1. The SMILES string of the molecule is C=C(C)C.C=C(C)C(=O)NC.CC.CN(C)c1ccc2c(c1)S(C)(C)C1=CC(=[N+](C)C)C=CC1=C2c1ccc(C#Cc2ccc3c(CN)c4ccccc4c(CNNC=O)c3c2)cc1. The maximum Gasteiger partial charge on any atom is 0.246 e. The van der Waals surface area contributed by atoms with Gasteiger partial charge in [0.25, 0.3) is 0 Å². The minimum Gasteiger partial charge on any atom is -0.378 e. The van der Waals surface area contributed by atoms with Gasteiger partial charge in [-0.3, -0.25) is 15.0 Å². The van der Waals surface area contributed by atoms with Crippen molar-refractivity contribution < 1.29 is 14.2 Å². The number of allylic oxidation sites excluding steroid dienone is 5. The molecule has 2 amide bonds. The summed E-state index contributed by atoms with van der Waals surface area (Å²) < 4.78 is 2.19. The van der Waals surface area contributed by atoms with E-state index in [1.165, 1.54) is 49.0 Å². The van der Waals surface area contributed by atoms with Crippen molar-refractivity contribution in [2.45, 2.75) is 52.6 Å². The van der Waals surface area contributed by atoms with Gasteiger partial charge in [-0.25, -0.2) is 10.0 Å². The molecule has 5 aromatic carbocycles. The summed E-state index contributed by atoms with van der Waals surface area (Å²) in [6.45, 7) is 17.5. The number of anilines is 1. The van der Waals surface area contributed by atoms with Crippen LogP contribution in [0.15, 0.2) is 143 Å². The number of hydrogen-bond acceptors (Lipinski definition) is 5. The predicted octanol–water partition coefficient (Wildman–Crippen LogP) is 9.99. The fourth-order valence-corrected chi connectivity index (χ4v) is 10.0. The van der Waals surface area contributed by atoms with Crippen molar-refractivity contribution in [3.8, 4) is 11.8 Å². The van der Waals surface area contributed by atoms with Gasteiger partial charge >= 0.3 is 0 Å². The third-order valence-corrected chi connectivity index (χ3v) is 13.5. The molecule has 1 heterocycles. The average Bonchev–Trinajstić information content (AvgIpc) is 3.28. The topological polar surface area (TPSA) is 102 Å². The van der Waals surface area contributed by atoms with Crippen LogP contribution in [0.2, 0.25) is 0 Å². The quantitative estimate of drug-likeness (QED) is 0.0182. The lowest BCUT2D eigenvalue weighted by Gasteiger charge is -2.43. The van der Waals surface area contributed by atoms with E-state index in [-0.39, 0.29) is 5.91 Å². The van der Waals surface area contributed by atoms with Crippen LogP contribution in [0.25, 0.3) is 27.1 Å². The number of fused-ring (bicyclic) bond motifs is 4. The lowest BCUT2D eigenvalue weighted by molar-refractivity contribution is -0.462. The first-order valence-corrected chi connectivity index (χ1v) is 23.9. The van der Waals surface area contributed by atoms with Crippen molar-refractivity contribution in [1.82, 2.24) is 16.2 Å². The fraction of sp³-hybridized carbons (Fsp3) is 0.255. The van der Waals surface area contributed by atoms with Crippen LogP contribution < -0.4 is 26.8 Å². The number of nitrogens with one attached hydrogen (secondary N) is 3. The Labute approximate surface area is 383 Å². The molecule has 0 unspecified atom stereocenters. The first-order valence-electron chi connectivity index (χ1n) is 21.5. The summed E-state index contributed by atoms with van der Waals surface area (Å²) in [6.07, 6.45) is 12.4. The number of nitrogens with zero attached hydrogens (tertiary/aromatic N) is 2. The molecular formula is C55H67N6O2S+. The van der Waals surface area contributed by atoms with Crippen LogP contribution in [0, 0.1) is 11.8 Å². The highest BCUT2D eigenvalue weighted by molar-refractivity contribution is 8.36. The largest absolute Gasteiger partial charge is 0.378 e. The van der Waals surface area contributed by atoms with Crippen LogP contribution in [0.4, 0.5) is 5.69 Å². The fourth-order valence-electron chi connectivity index (χ4n) is 7.51. The number of hydrogen-bond donors (Lipinski definition) is 4. The van der Waals surface area contributed by atoms with Crippen LogP contribution in [0.1, 0.15) is 68.0 Å². The van der Waals surface area contributed by atoms with Gasteiger partial charge in [0.1, 0.15) is 14.1 Å². The van der Waals surface area contributed by atoms with Gasteiger partial charge in [-0.15, -0.1) is 6.58 Å². The van der Waals surface area contributed by atoms with E-state index in [0.29, 0.717) is 25.1 Å². The molecule has 0 bridgehead atoms. The minimum absolute atomic E-state index is 0.0972. The van der Waals surface area contributed by atoms with Crippen LogP contribution >= 0.6 is 10.0 Å². The monoisotopic (exact) mass is 876 g/mol. The van der Waals surface area contributed by atoms with Gasteiger partial charge in [-0.1, -0.05) is 86.4 Å². The first kappa shape index (κ1) is 50.2. The molecular weight excluding hydrogens is 809 g/mol. The molecule has 0 saturated heterocycles. The summed E-state index contributed by atoms with van der Waals surface area (Å²) >= 11 is 0. The molecule has 0 atom stereocenters. The molecule has 7 rings (SSSR count). The zero-order valence-corrected chi connectivity index (χ0v) is 40.7. The highest BCUT2D eigenvalue weighted by Crippen LogP contribution is 2.66. The Morgan fingerprint density at radius 1 is 0.828 bits per heavy atom. The van der Waals surface area contributed by atoms with E-state index >= 15 is 0 Å². The molecule has 5 aromatic rings. The van der Waals surface area contributed by atoms with E-state index in [1.807, 2.05) is 39.8 Å². The van der Waals surface area contributed by atoms with Crippen LogP contribution in [-0.2, 0) is 22.7 Å². The molecule has 0 radical (unpaired) electrons. The molecule has 0 fully saturated rings. The number of carbonyl (C=O) groups excluding carboxylic acids is 2. The molecule has 5 N–H and O–H groups in total. The number of amides is 2. The summed E-state index contributed by atoms with van der Waals surface area (Å²) in [5.74, 6) is 6.74. The van der Waals surface area contributed by atoms with Crippen molar-refractivity contribution in [3.63, 3.8) is 0 Å². The minimum atomic E-state index is -1.27. The Bertz CT molecular complexity index is 2750. The highest BCUT2D eigenvalue weighted by Gasteiger charge is 2.36. The lowest BCUT2D eigenvalue weighted by atomic mass is 9.89. The standard InChI is InChI=1S/C44H43N5OS.C5H9NO.C4H8.C2H6/c1-48(2)32-18-21-37-42(24-32)51(5,6)43-25-33(49(3)4)19-22-38(43)44(37)31-16-13-29(14-17-31)11-12-30-15-20-36-39(23-30)41(27-46-47-28-50)35-10-8-7-9-34(35)40(36)26-45;1-4(2)5(7)6-3;1-4(2)3;1-2/h7-10,13-25,28,46H,26-27,45H2,1-6H3;1H2,2-3H3,(H,6,7);1H2,2-3H3;1-2H3/p+1. The second kappa shape index (κ2) is 22.8. The molecule has 0 saturated carbocycles. The molecule has 9 heteroatoms. The molecule has 2 aliphatic rings. The third-order valence-electron chi connectivity index (χ3n) is 10.6. The average molecular weight is 876 g/mol. The molecule has 1 aliphatic carbocycles. The van der Waals surface area contributed by atoms with E-state index in [0.717, 1.165) is 43.8 Å². The van der Waals surface area contributed by atoms with Crippen molar-refractivity contribution in [3.05, 3.63) is 171 Å². The van der Waals surface area contributed by atoms with Crippen LogP contribution in [0.5, 0.6) is 0 Å². The van der Waals surface area contributed by atoms with Gasteiger partial charge in [-0.05, 0) is 131 Å². The second-order valence-corrected chi connectivity index (χ2v) is 19.9. The summed E-state index contributed by atoms with van der Waals surface area (Å²) in [7, 11) is 8.74. The Morgan fingerprint density at radius 2 is 1.42 bits per heavy atom. The lowest BCUT2D eigenvalue weighted by Crippen LogP contribution is -2.29. The first-order chi connectivity index (χ1) is 30.5. The van der Waals surface area contributed by atoms with E-state index in [2.05, 4.69) is 182 Å². The zero-order valence-electron chi connectivity index (χ0n) is 39.9. The highest BCUT2D eigenvalue weighted by atomic mass is 32.3. The Balaban J connectivity index is 0.000000611. The molecule has 0 spiro atoms. The number of benzene rings is 5. The van der Waals surface area contributed by atoms with Gasteiger partial charge in [0.2, 0.25) is 18.0 Å². The maximum atomic E-state index is 11.0. The Hall–Kier alpha value is -6.44. The summed E-state index contributed by atoms with van der Waals surface area (Å²) in [6, 6.07) is 30.2. The number of hydrazine groups is 1.